The van der Waals surface area contributed by atoms with Crippen LogP contribution in [0.2, 0.25) is 0 Å². The molecule has 0 aliphatic carbocycles. The Morgan fingerprint density at radius 1 is 0.875 bits per heavy atom. The van der Waals surface area contributed by atoms with Gasteiger partial charge in [0.2, 0.25) is 0 Å². The standard InChI is InChI=1S/C32H34N2O5S/c1-5-29(25-15-20-31(39-4)23(2)21-25)33-32(35)28-13-9-10-14-30(28)34(22-24-11-7-6-8-12-24)40(36,37)27-18-16-26(38-3)17-19-27/h6-21,29H,5,22H2,1-4H3,(H,33,35)/t29-/m1/s1. The van der Waals surface area contributed by atoms with Gasteiger partial charge < -0.3 is 14.8 Å². The molecule has 0 radical (unpaired) electrons. The molecule has 208 valence electrons. The summed E-state index contributed by atoms with van der Waals surface area (Å²) in [5.74, 6) is 0.960. The Morgan fingerprint density at radius 3 is 2.17 bits per heavy atom. The molecule has 1 amide bonds. The fourth-order valence-corrected chi connectivity index (χ4v) is 6.05. The van der Waals surface area contributed by atoms with Crippen molar-refractivity contribution in [1.29, 1.82) is 0 Å². The fraction of sp³-hybridized carbons (Fsp3) is 0.219. The highest BCUT2D eigenvalue weighted by Crippen LogP contribution is 2.31. The third-order valence-electron chi connectivity index (χ3n) is 6.77. The molecule has 0 aromatic heterocycles. The van der Waals surface area contributed by atoms with E-state index in [-0.39, 0.29) is 29.0 Å². The van der Waals surface area contributed by atoms with Gasteiger partial charge in [0.25, 0.3) is 15.9 Å². The third kappa shape index (κ3) is 6.29. The number of hydrogen-bond acceptors (Lipinski definition) is 5. The quantitative estimate of drug-likeness (QED) is 0.234. The van der Waals surface area contributed by atoms with Gasteiger partial charge in [0.1, 0.15) is 11.5 Å². The largest absolute Gasteiger partial charge is 0.497 e. The van der Waals surface area contributed by atoms with Crippen molar-refractivity contribution in [2.75, 3.05) is 18.5 Å². The van der Waals surface area contributed by atoms with E-state index < -0.39 is 10.0 Å². The van der Waals surface area contributed by atoms with Gasteiger partial charge >= 0.3 is 0 Å². The maximum Gasteiger partial charge on any atom is 0.264 e. The SMILES string of the molecule is CC[C@@H](NC(=O)c1ccccc1N(Cc1ccccc1)S(=O)(=O)c1ccc(OC)cc1)c1ccc(OC)c(C)c1. The zero-order valence-electron chi connectivity index (χ0n) is 23.1. The van der Waals surface area contributed by atoms with E-state index in [4.69, 9.17) is 9.47 Å². The molecule has 1 atom stereocenters. The lowest BCUT2D eigenvalue weighted by Crippen LogP contribution is -2.34. The van der Waals surface area contributed by atoms with Gasteiger partial charge in [0.15, 0.2) is 0 Å². The number of nitrogens with one attached hydrogen (secondary N) is 1. The van der Waals surface area contributed by atoms with Crippen molar-refractivity contribution in [3.63, 3.8) is 0 Å². The van der Waals surface area contributed by atoms with Gasteiger partial charge in [-0.15, -0.1) is 0 Å². The van der Waals surface area contributed by atoms with E-state index in [0.29, 0.717) is 17.9 Å². The number of sulfonamides is 1. The van der Waals surface area contributed by atoms with E-state index in [9.17, 15) is 13.2 Å². The Morgan fingerprint density at radius 2 is 1.55 bits per heavy atom. The van der Waals surface area contributed by atoms with E-state index in [1.54, 1.807) is 43.5 Å². The number of carbonyl (C=O) groups is 1. The Labute approximate surface area is 236 Å². The Balaban J connectivity index is 1.74. The first-order valence-corrected chi connectivity index (χ1v) is 14.5. The average Bonchev–Trinajstić information content (AvgIpc) is 2.99. The third-order valence-corrected chi connectivity index (χ3v) is 8.54. The van der Waals surface area contributed by atoms with Crippen LogP contribution in [0.25, 0.3) is 0 Å². The van der Waals surface area contributed by atoms with Gasteiger partial charge in [-0.1, -0.05) is 61.5 Å². The fourth-order valence-electron chi connectivity index (χ4n) is 4.58. The first-order chi connectivity index (χ1) is 19.3. The second-order valence-electron chi connectivity index (χ2n) is 9.35. The molecule has 0 heterocycles. The van der Waals surface area contributed by atoms with Crippen LogP contribution in [-0.4, -0.2) is 28.5 Å². The van der Waals surface area contributed by atoms with E-state index >= 15 is 0 Å². The van der Waals surface area contributed by atoms with Crippen LogP contribution in [0.3, 0.4) is 0 Å². The molecule has 4 aromatic rings. The summed E-state index contributed by atoms with van der Waals surface area (Å²) in [6.07, 6.45) is 0.650. The lowest BCUT2D eigenvalue weighted by molar-refractivity contribution is 0.0936. The van der Waals surface area contributed by atoms with Crippen molar-refractivity contribution in [3.05, 3.63) is 119 Å². The van der Waals surface area contributed by atoms with Crippen molar-refractivity contribution >= 4 is 21.6 Å². The minimum absolute atomic E-state index is 0.0500. The molecule has 0 fully saturated rings. The number of rotatable bonds is 11. The first kappa shape index (κ1) is 28.7. The maximum atomic E-state index is 14.1. The van der Waals surface area contributed by atoms with Crippen molar-refractivity contribution in [1.82, 2.24) is 5.32 Å². The predicted octanol–water partition coefficient (Wildman–Crippen LogP) is 6.29. The molecule has 4 aromatic carbocycles. The highest BCUT2D eigenvalue weighted by Gasteiger charge is 2.29. The van der Waals surface area contributed by atoms with Gasteiger partial charge in [-0.25, -0.2) is 8.42 Å². The minimum Gasteiger partial charge on any atom is -0.497 e. The molecule has 40 heavy (non-hydrogen) atoms. The van der Waals surface area contributed by atoms with Crippen LogP contribution in [0.4, 0.5) is 5.69 Å². The van der Waals surface area contributed by atoms with Crippen LogP contribution >= 0.6 is 0 Å². The number of methoxy groups -OCH3 is 2. The number of para-hydroxylation sites is 1. The predicted molar refractivity (Wildman–Crippen MR) is 157 cm³/mol. The highest BCUT2D eigenvalue weighted by atomic mass is 32.2. The van der Waals surface area contributed by atoms with Crippen molar-refractivity contribution in [2.24, 2.45) is 0 Å². The molecule has 0 aliphatic heterocycles. The van der Waals surface area contributed by atoms with E-state index in [1.807, 2.05) is 62.4 Å². The zero-order chi connectivity index (χ0) is 28.7. The number of nitrogens with zero attached hydrogens (tertiary/aromatic N) is 1. The summed E-state index contributed by atoms with van der Waals surface area (Å²) in [4.78, 5) is 13.8. The number of hydrogen-bond donors (Lipinski definition) is 1. The van der Waals surface area contributed by atoms with Crippen LogP contribution in [-0.2, 0) is 16.6 Å². The molecule has 4 rings (SSSR count). The van der Waals surface area contributed by atoms with Crippen LogP contribution in [0.15, 0.2) is 102 Å². The van der Waals surface area contributed by atoms with E-state index in [0.717, 1.165) is 22.4 Å². The molecule has 7 nitrogen and oxygen atoms in total. The van der Waals surface area contributed by atoms with Crippen LogP contribution < -0.4 is 19.1 Å². The Kier molecular flexibility index (Phi) is 9.11. The molecule has 8 heteroatoms. The molecular formula is C32H34N2O5S. The van der Waals surface area contributed by atoms with E-state index in [2.05, 4.69) is 5.32 Å². The number of benzene rings is 4. The molecule has 0 saturated carbocycles. The van der Waals surface area contributed by atoms with Crippen molar-refractivity contribution in [3.8, 4) is 11.5 Å². The lowest BCUT2D eigenvalue weighted by atomic mass is 10.0. The second kappa shape index (κ2) is 12.7. The number of amides is 1. The average molecular weight is 559 g/mol. The summed E-state index contributed by atoms with van der Waals surface area (Å²) in [6, 6.07) is 27.9. The molecular weight excluding hydrogens is 524 g/mol. The topological polar surface area (TPSA) is 84.9 Å². The minimum atomic E-state index is -4.05. The van der Waals surface area contributed by atoms with Crippen molar-refractivity contribution < 1.29 is 22.7 Å². The van der Waals surface area contributed by atoms with Gasteiger partial charge in [-0.2, -0.15) is 0 Å². The molecule has 0 bridgehead atoms. The summed E-state index contributed by atoms with van der Waals surface area (Å²) in [6.45, 7) is 4.00. The first-order valence-electron chi connectivity index (χ1n) is 13.0. The summed E-state index contributed by atoms with van der Waals surface area (Å²) < 4.78 is 40.0. The Hall–Kier alpha value is -4.30. The highest BCUT2D eigenvalue weighted by molar-refractivity contribution is 7.92. The summed E-state index contributed by atoms with van der Waals surface area (Å²) in [5, 5.41) is 3.11. The van der Waals surface area contributed by atoms with Gasteiger partial charge in [-0.3, -0.25) is 9.10 Å². The smallest absolute Gasteiger partial charge is 0.264 e. The normalized spacial score (nSPS) is 11.9. The molecule has 0 aliphatic rings. The summed E-state index contributed by atoms with van der Waals surface area (Å²) >= 11 is 0. The van der Waals surface area contributed by atoms with Crippen LogP contribution in [0, 0.1) is 6.92 Å². The number of carbonyl (C=O) groups excluding carboxylic acids is 1. The molecule has 0 spiro atoms. The second-order valence-corrected chi connectivity index (χ2v) is 11.2. The molecule has 0 unspecified atom stereocenters. The summed E-state index contributed by atoms with van der Waals surface area (Å²) in [7, 11) is -0.900. The van der Waals surface area contributed by atoms with Gasteiger partial charge in [-0.05, 0) is 72.5 Å². The van der Waals surface area contributed by atoms with Crippen LogP contribution in [0.1, 0.15) is 46.4 Å². The van der Waals surface area contributed by atoms with Crippen LogP contribution in [0.5, 0.6) is 11.5 Å². The van der Waals surface area contributed by atoms with E-state index in [1.165, 1.54) is 23.5 Å². The molecule has 1 N–H and O–H groups in total. The molecule has 0 saturated heterocycles. The van der Waals surface area contributed by atoms with Gasteiger partial charge in [0, 0.05) is 0 Å². The summed E-state index contributed by atoms with van der Waals surface area (Å²) in [5.41, 5.74) is 3.25. The number of ether oxygens (including phenoxy) is 2. The maximum absolute atomic E-state index is 14.1. The Bertz CT molecular complexity index is 1550. The number of aryl methyl sites for hydroxylation is 1. The lowest BCUT2D eigenvalue weighted by Gasteiger charge is -2.27. The zero-order valence-corrected chi connectivity index (χ0v) is 23.9. The van der Waals surface area contributed by atoms with Crippen molar-refractivity contribution in [2.45, 2.75) is 37.8 Å². The monoisotopic (exact) mass is 558 g/mol. The van der Waals surface area contributed by atoms with Gasteiger partial charge in [0.05, 0.1) is 43.0 Å². The number of anilines is 1.